The second-order valence-corrected chi connectivity index (χ2v) is 5.40. The maximum Gasteiger partial charge on any atom is 0.338 e. The average molecular weight is 307 g/mol. The van der Waals surface area contributed by atoms with E-state index in [4.69, 9.17) is 10.00 Å². The van der Waals surface area contributed by atoms with Gasteiger partial charge in [0.05, 0.1) is 17.2 Å². The molecule has 4 heteroatoms. The maximum atomic E-state index is 12.4. The van der Waals surface area contributed by atoms with Crippen LogP contribution >= 0.6 is 0 Å². The summed E-state index contributed by atoms with van der Waals surface area (Å²) in [6, 6.07) is 13.5. The monoisotopic (exact) mass is 307 g/mol. The minimum atomic E-state index is -0.893. The molecule has 2 aromatic carbocycles. The molecule has 0 saturated carbocycles. The number of ketones is 1. The molecule has 2 aromatic rings. The van der Waals surface area contributed by atoms with Crippen LogP contribution in [0.1, 0.15) is 44.3 Å². The number of nitriles is 1. The van der Waals surface area contributed by atoms with E-state index in [1.54, 1.807) is 37.3 Å². The molecule has 0 aliphatic heterocycles. The number of nitrogens with zero attached hydrogens (tertiary/aromatic N) is 1. The fourth-order valence-electron chi connectivity index (χ4n) is 2.13. The molecule has 116 valence electrons. The number of hydrogen-bond donors (Lipinski definition) is 0. The summed E-state index contributed by atoms with van der Waals surface area (Å²) >= 11 is 0. The number of Topliss-reactive ketones (excluding diaryl/α,β-unsaturated/α-hetero) is 1. The van der Waals surface area contributed by atoms with Crippen molar-refractivity contribution in [1.82, 2.24) is 0 Å². The Kier molecular flexibility index (Phi) is 4.92. The Morgan fingerprint density at radius 1 is 1.04 bits per heavy atom. The molecule has 0 spiro atoms. The highest BCUT2D eigenvalue weighted by atomic mass is 16.5. The number of esters is 1. The van der Waals surface area contributed by atoms with Gasteiger partial charge in [0.25, 0.3) is 0 Å². The number of benzene rings is 2. The number of rotatable bonds is 4. The summed E-state index contributed by atoms with van der Waals surface area (Å²) in [6.07, 6.45) is -0.893. The van der Waals surface area contributed by atoms with Crippen molar-refractivity contribution in [1.29, 1.82) is 5.26 Å². The maximum absolute atomic E-state index is 12.4. The summed E-state index contributed by atoms with van der Waals surface area (Å²) in [7, 11) is 0. The van der Waals surface area contributed by atoms with Crippen LogP contribution in [0.4, 0.5) is 0 Å². The lowest BCUT2D eigenvalue weighted by atomic mass is 10.0. The largest absolute Gasteiger partial charge is 0.451 e. The minimum Gasteiger partial charge on any atom is -0.451 e. The first-order valence-electron chi connectivity index (χ1n) is 7.25. The molecule has 0 radical (unpaired) electrons. The van der Waals surface area contributed by atoms with Gasteiger partial charge in [-0.2, -0.15) is 5.26 Å². The van der Waals surface area contributed by atoms with Gasteiger partial charge in [0, 0.05) is 5.56 Å². The van der Waals surface area contributed by atoms with Crippen molar-refractivity contribution >= 4 is 11.8 Å². The van der Waals surface area contributed by atoms with Crippen molar-refractivity contribution in [2.24, 2.45) is 0 Å². The van der Waals surface area contributed by atoms with E-state index in [1.807, 2.05) is 26.0 Å². The Bertz CT molecular complexity index is 803. The van der Waals surface area contributed by atoms with Gasteiger partial charge in [-0.15, -0.1) is 0 Å². The lowest BCUT2D eigenvalue weighted by Gasteiger charge is -2.13. The van der Waals surface area contributed by atoms with Gasteiger partial charge < -0.3 is 4.74 Å². The molecule has 0 bridgehead atoms. The Morgan fingerprint density at radius 2 is 1.78 bits per heavy atom. The van der Waals surface area contributed by atoms with E-state index in [0.29, 0.717) is 11.1 Å². The van der Waals surface area contributed by atoms with E-state index in [-0.39, 0.29) is 11.3 Å². The van der Waals surface area contributed by atoms with E-state index < -0.39 is 12.1 Å². The highest BCUT2D eigenvalue weighted by Crippen LogP contribution is 2.14. The molecule has 0 heterocycles. The van der Waals surface area contributed by atoms with Gasteiger partial charge in [-0.3, -0.25) is 4.79 Å². The molecule has 4 nitrogen and oxygen atoms in total. The van der Waals surface area contributed by atoms with Gasteiger partial charge in [-0.1, -0.05) is 18.2 Å². The molecule has 1 atom stereocenters. The number of ether oxygens (including phenoxy) is 1. The highest BCUT2D eigenvalue weighted by molar-refractivity contribution is 6.01. The number of aryl methyl sites for hydroxylation is 2. The lowest BCUT2D eigenvalue weighted by molar-refractivity contribution is 0.0319. The molecular formula is C19H17NO3. The third-order valence-corrected chi connectivity index (χ3v) is 3.67. The van der Waals surface area contributed by atoms with Crippen LogP contribution in [0.25, 0.3) is 0 Å². The highest BCUT2D eigenvalue weighted by Gasteiger charge is 2.20. The van der Waals surface area contributed by atoms with Crippen molar-refractivity contribution in [3.05, 3.63) is 70.3 Å². The molecule has 0 saturated heterocycles. The molecule has 0 aliphatic rings. The summed E-state index contributed by atoms with van der Waals surface area (Å²) in [5.41, 5.74) is 3.24. The van der Waals surface area contributed by atoms with E-state index in [0.717, 1.165) is 11.1 Å². The van der Waals surface area contributed by atoms with Crippen molar-refractivity contribution in [2.75, 3.05) is 0 Å². The van der Waals surface area contributed by atoms with E-state index in [2.05, 4.69) is 0 Å². The quantitative estimate of drug-likeness (QED) is 0.639. The molecule has 0 amide bonds. The Morgan fingerprint density at radius 3 is 2.43 bits per heavy atom. The van der Waals surface area contributed by atoms with Gasteiger partial charge in [0.1, 0.15) is 0 Å². The minimum absolute atomic E-state index is 0.252. The molecule has 0 aromatic heterocycles. The van der Waals surface area contributed by atoms with Crippen LogP contribution in [0.5, 0.6) is 0 Å². The zero-order valence-corrected chi connectivity index (χ0v) is 13.3. The van der Waals surface area contributed by atoms with Gasteiger partial charge >= 0.3 is 5.97 Å². The smallest absolute Gasteiger partial charge is 0.338 e. The summed E-state index contributed by atoms with van der Waals surface area (Å²) in [5, 5.41) is 8.85. The van der Waals surface area contributed by atoms with Crippen LogP contribution in [0.2, 0.25) is 0 Å². The van der Waals surface area contributed by atoms with Crippen LogP contribution in [-0.2, 0) is 4.74 Å². The molecule has 0 N–H and O–H groups in total. The number of hydrogen-bond acceptors (Lipinski definition) is 4. The Balaban J connectivity index is 2.12. The first kappa shape index (κ1) is 16.4. The second kappa shape index (κ2) is 6.89. The number of carbonyl (C=O) groups excluding carboxylic acids is 2. The Labute approximate surface area is 135 Å². The van der Waals surface area contributed by atoms with Crippen LogP contribution in [0.3, 0.4) is 0 Å². The summed E-state index contributed by atoms with van der Waals surface area (Å²) in [5.74, 6) is -0.871. The average Bonchev–Trinajstić information content (AvgIpc) is 2.56. The van der Waals surface area contributed by atoms with Gasteiger partial charge in [0.2, 0.25) is 5.78 Å². The van der Waals surface area contributed by atoms with Crippen molar-refractivity contribution in [2.45, 2.75) is 26.9 Å². The molecule has 0 unspecified atom stereocenters. The van der Waals surface area contributed by atoms with Gasteiger partial charge in [-0.05, 0) is 56.2 Å². The first-order chi connectivity index (χ1) is 10.9. The number of carbonyl (C=O) groups is 2. The fourth-order valence-corrected chi connectivity index (χ4v) is 2.13. The van der Waals surface area contributed by atoms with Crippen LogP contribution in [-0.4, -0.2) is 17.9 Å². The van der Waals surface area contributed by atoms with Gasteiger partial charge in [-0.25, -0.2) is 4.79 Å². The van der Waals surface area contributed by atoms with Gasteiger partial charge in [0.15, 0.2) is 6.10 Å². The van der Waals surface area contributed by atoms with Crippen LogP contribution < -0.4 is 0 Å². The lowest BCUT2D eigenvalue weighted by Crippen LogP contribution is -2.24. The standard InChI is InChI=1S/C19H17NO3/c1-12-7-8-16(9-13(12)2)18(21)14(3)23-19(22)17-6-4-5-15(10-17)11-20/h4-10,14H,1-3H3/t14-/m0/s1. The summed E-state index contributed by atoms with van der Waals surface area (Å²) in [4.78, 5) is 24.5. The molecule has 23 heavy (non-hydrogen) atoms. The third kappa shape index (κ3) is 3.83. The predicted molar refractivity (Wildman–Crippen MR) is 86.3 cm³/mol. The fraction of sp³-hybridized carbons (Fsp3) is 0.211. The molecule has 2 rings (SSSR count). The molecule has 0 fully saturated rings. The zero-order valence-electron chi connectivity index (χ0n) is 13.3. The third-order valence-electron chi connectivity index (χ3n) is 3.67. The topological polar surface area (TPSA) is 67.2 Å². The first-order valence-corrected chi connectivity index (χ1v) is 7.25. The van der Waals surface area contributed by atoms with Crippen LogP contribution in [0.15, 0.2) is 42.5 Å². The van der Waals surface area contributed by atoms with Crippen molar-refractivity contribution in [3.8, 4) is 6.07 Å². The van der Waals surface area contributed by atoms with Crippen molar-refractivity contribution < 1.29 is 14.3 Å². The SMILES string of the molecule is Cc1ccc(C(=O)[C@H](C)OC(=O)c2cccc(C#N)c2)cc1C. The Hall–Kier alpha value is -2.93. The summed E-state index contributed by atoms with van der Waals surface area (Å²) in [6.45, 7) is 5.44. The molecular weight excluding hydrogens is 290 g/mol. The zero-order chi connectivity index (χ0) is 17.0. The summed E-state index contributed by atoms with van der Waals surface area (Å²) < 4.78 is 5.22. The van der Waals surface area contributed by atoms with E-state index >= 15 is 0 Å². The molecule has 0 aliphatic carbocycles. The second-order valence-electron chi connectivity index (χ2n) is 5.40. The van der Waals surface area contributed by atoms with E-state index in [9.17, 15) is 9.59 Å². The normalized spacial score (nSPS) is 11.4. The van der Waals surface area contributed by atoms with E-state index in [1.165, 1.54) is 6.07 Å². The van der Waals surface area contributed by atoms with Crippen molar-refractivity contribution in [3.63, 3.8) is 0 Å². The van der Waals surface area contributed by atoms with Crippen LogP contribution in [0, 0.1) is 25.2 Å². The predicted octanol–water partition coefficient (Wildman–Crippen LogP) is 3.60.